The van der Waals surface area contributed by atoms with Crippen LogP contribution in [0, 0.1) is 11.3 Å². The molecule has 1 aromatic heterocycles. The van der Waals surface area contributed by atoms with Crippen molar-refractivity contribution in [2.45, 2.75) is 11.4 Å². The Morgan fingerprint density at radius 2 is 2.15 bits per heavy atom. The first-order chi connectivity index (χ1) is 9.44. The van der Waals surface area contributed by atoms with Gasteiger partial charge >= 0.3 is 0 Å². The van der Waals surface area contributed by atoms with E-state index in [4.69, 9.17) is 11.0 Å². The van der Waals surface area contributed by atoms with Gasteiger partial charge in [0.25, 0.3) is 0 Å². The van der Waals surface area contributed by atoms with E-state index >= 15 is 0 Å². The standard InChI is InChI=1S/C12H10BrN3O2S2/c13-9-3-4-19-11(9)7-16-20(17,18)12-2-1-8(6-14)5-10(12)15/h1-5,16H,7,15H2. The lowest BCUT2D eigenvalue weighted by Gasteiger charge is -2.08. The zero-order valence-electron chi connectivity index (χ0n) is 10.1. The lowest BCUT2D eigenvalue weighted by atomic mass is 10.2. The molecule has 5 nitrogen and oxygen atoms in total. The second-order valence-electron chi connectivity index (χ2n) is 3.88. The monoisotopic (exact) mass is 371 g/mol. The number of nitrogens with zero attached hydrogens (tertiary/aromatic N) is 1. The molecule has 2 rings (SSSR count). The molecule has 104 valence electrons. The molecule has 20 heavy (non-hydrogen) atoms. The van der Waals surface area contributed by atoms with Gasteiger partial charge in [-0.05, 0) is 45.6 Å². The Morgan fingerprint density at radius 1 is 1.40 bits per heavy atom. The molecule has 0 saturated heterocycles. The van der Waals surface area contributed by atoms with Crippen LogP contribution in [0.1, 0.15) is 10.4 Å². The lowest BCUT2D eigenvalue weighted by Crippen LogP contribution is -2.24. The van der Waals surface area contributed by atoms with Crippen molar-refractivity contribution in [3.8, 4) is 6.07 Å². The third-order valence-corrected chi connectivity index (χ3v) is 5.94. The molecule has 0 atom stereocenters. The molecule has 2 aromatic rings. The maximum Gasteiger partial charge on any atom is 0.242 e. The first-order valence-electron chi connectivity index (χ1n) is 5.45. The summed E-state index contributed by atoms with van der Waals surface area (Å²) in [6, 6.07) is 7.86. The highest BCUT2D eigenvalue weighted by molar-refractivity contribution is 9.10. The minimum atomic E-state index is -3.71. The van der Waals surface area contributed by atoms with E-state index in [-0.39, 0.29) is 17.1 Å². The number of halogens is 1. The number of nitrogen functional groups attached to an aromatic ring is 1. The SMILES string of the molecule is N#Cc1ccc(S(=O)(=O)NCc2sccc2Br)c(N)c1. The van der Waals surface area contributed by atoms with Gasteiger partial charge in [0.1, 0.15) is 4.90 Å². The Labute approximate surface area is 129 Å². The molecule has 0 aliphatic heterocycles. The molecule has 1 aromatic carbocycles. The summed E-state index contributed by atoms with van der Waals surface area (Å²) >= 11 is 4.79. The average Bonchev–Trinajstić information content (AvgIpc) is 2.81. The highest BCUT2D eigenvalue weighted by atomic mass is 79.9. The smallest absolute Gasteiger partial charge is 0.242 e. The molecule has 0 fully saturated rings. The molecule has 0 aliphatic rings. The molecule has 0 unspecified atom stereocenters. The van der Waals surface area contributed by atoms with E-state index in [0.29, 0.717) is 5.56 Å². The summed E-state index contributed by atoms with van der Waals surface area (Å²) in [7, 11) is -3.71. The van der Waals surface area contributed by atoms with Crippen LogP contribution in [0.15, 0.2) is 39.0 Å². The van der Waals surface area contributed by atoms with E-state index in [0.717, 1.165) is 9.35 Å². The first-order valence-corrected chi connectivity index (χ1v) is 8.61. The van der Waals surface area contributed by atoms with E-state index in [1.54, 1.807) is 0 Å². The van der Waals surface area contributed by atoms with Gasteiger partial charge in [-0.3, -0.25) is 0 Å². The second-order valence-corrected chi connectivity index (χ2v) is 7.47. The fraction of sp³-hybridized carbons (Fsp3) is 0.0833. The Morgan fingerprint density at radius 3 is 2.70 bits per heavy atom. The number of hydrogen-bond acceptors (Lipinski definition) is 5. The van der Waals surface area contributed by atoms with E-state index in [1.165, 1.54) is 29.5 Å². The van der Waals surface area contributed by atoms with Crippen LogP contribution in [0.5, 0.6) is 0 Å². The number of rotatable bonds is 4. The van der Waals surface area contributed by atoms with Crippen LogP contribution in [-0.2, 0) is 16.6 Å². The topological polar surface area (TPSA) is 96.0 Å². The molecule has 3 N–H and O–H groups in total. The fourth-order valence-corrected chi connectivity index (χ4v) is 4.18. The number of thiophene rings is 1. The summed E-state index contributed by atoms with van der Waals surface area (Å²) in [6.07, 6.45) is 0. The van der Waals surface area contributed by atoms with Crippen molar-refractivity contribution in [2.75, 3.05) is 5.73 Å². The molecule has 0 amide bonds. The van der Waals surface area contributed by atoms with Crippen molar-refractivity contribution in [3.05, 3.63) is 44.6 Å². The summed E-state index contributed by atoms with van der Waals surface area (Å²) in [5.41, 5.74) is 6.06. The van der Waals surface area contributed by atoms with Crippen LogP contribution >= 0.6 is 27.3 Å². The highest BCUT2D eigenvalue weighted by Gasteiger charge is 2.18. The lowest BCUT2D eigenvalue weighted by molar-refractivity contribution is 0.582. The van der Waals surface area contributed by atoms with Gasteiger partial charge in [-0.25, -0.2) is 13.1 Å². The van der Waals surface area contributed by atoms with Gasteiger partial charge in [-0.1, -0.05) is 0 Å². The summed E-state index contributed by atoms with van der Waals surface area (Å²) in [5.74, 6) is 0. The quantitative estimate of drug-likeness (QED) is 0.806. The van der Waals surface area contributed by atoms with Crippen molar-refractivity contribution in [3.63, 3.8) is 0 Å². The second kappa shape index (κ2) is 5.93. The molecule has 1 heterocycles. The molecule has 0 saturated carbocycles. The van der Waals surface area contributed by atoms with E-state index in [9.17, 15) is 8.42 Å². The van der Waals surface area contributed by atoms with Gasteiger partial charge in [0.2, 0.25) is 10.0 Å². The van der Waals surface area contributed by atoms with Crippen molar-refractivity contribution in [2.24, 2.45) is 0 Å². The van der Waals surface area contributed by atoms with Crippen LogP contribution in [0.2, 0.25) is 0 Å². The first kappa shape index (κ1) is 15.0. The van der Waals surface area contributed by atoms with Crippen LogP contribution in [-0.4, -0.2) is 8.42 Å². The Kier molecular flexibility index (Phi) is 4.45. The number of hydrogen-bond donors (Lipinski definition) is 2. The summed E-state index contributed by atoms with van der Waals surface area (Å²) in [5, 5.41) is 10.6. The summed E-state index contributed by atoms with van der Waals surface area (Å²) < 4.78 is 27.7. The number of nitrogens with one attached hydrogen (secondary N) is 1. The summed E-state index contributed by atoms with van der Waals surface area (Å²) in [4.78, 5) is 0.852. The third kappa shape index (κ3) is 3.19. The predicted octanol–water partition coefficient (Wildman–Crippen LogP) is 2.44. The van der Waals surface area contributed by atoms with Gasteiger partial charge in [0.15, 0.2) is 0 Å². The maximum absolute atomic E-state index is 12.2. The van der Waals surface area contributed by atoms with E-state index in [1.807, 2.05) is 17.5 Å². The van der Waals surface area contributed by atoms with Gasteiger partial charge in [-0.2, -0.15) is 5.26 Å². The van der Waals surface area contributed by atoms with Crippen LogP contribution in [0.4, 0.5) is 5.69 Å². The normalized spacial score (nSPS) is 11.2. The molecular weight excluding hydrogens is 362 g/mol. The Bertz CT molecular complexity index is 778. The van der Waals surface area contributed by atoms with E-state index < -0.39 is 10.0 Å². The van der Waals surface area contributed by atoms with Gasteiger partial charge in [0.05, 0.1) is 17.3 Å². The third-order valence-electron chi connectivity index (χ3n) is 2.54. The molecule has 0 radical (unpaired) electrons. The van der Waals surface area contributed by atoms with Crippen LogP contribution < -0.4 is 10.5 Å². The largest absolute Gasteiger partial charge is 0.398 e. The molecule has 0 aliphatic carbocycles. The maximum atomic E-state index is 12.2. The number of sulfonamides is 1. The van der Waals surface area contributed by atoms with Gasteiger partial charge < -0.3 is 5.73 Å². The van der Waals surface area contributed by atoms with Gasteiger partial charge in [0, 0.05) is 15.9 Å². The number of nitrogens with two attached hydrogens (primary N) is 1. The predicted molar refractivity (Wildman–Crippen MR) is 81.6 cm³/mol. The minimum absolute atomic E-state index is 0.0239. The molecule has 0 spiro atoms. The van der Waals surface area contributed by atoms with Crippen molar-refractivity contribution >= 4 is 43.0 Å². The number of benzene rings is 1. The van der Waals surface area contributed by atoms with Crippen molar-refractivity contribution in [1.82, 2.24) is 4.72 Å². The molecular formula is C12H10BrN3O2S2. The molecule has 0 bridgehead atoms. The fourth-order valence-electron chi connectivity index (χ4n) is 1.55. The van der Waals surface area contributed by atoms with E-state index in [2.05, 4.69) is 20.7 Å². The van der Waals surface area contributed by atoms with Crippen LogP contribution in [0.25, 0.3) is 0 Å². The minimum Gasteiger partial charge on any atom is -0.398 e. The zero-order valence-corrected chi connectivity index (χ0v) is 13.3. The molecule has 8 heteroatoms. The number of anilines is 1. The van der Waals surface area contributed by atoms with Crippen molar-refractivity contribution in [1.29, 1.82) is 5.26 Å². The zero-order chi connectivity index (χ0) is 14.8. The summed E-state index contributed by atoms with van der Waals surface area (Å²) in [6.45, 7) is 0.181. The van der Waals surface area contributed by atoms with Crippen molar-refractivity contribution < 1.29 is 8.42 Å². The van der Waals surface area contributed by atoms with Gasteiger partial charge in [-0.15, -0.1) is 11.3 Å². The Balaban J connectivity index is 2.23. The van der Waals surface area contributed by atoms with Crippen LogP contribution in [0.3, 0.4) is 0 Å². The Hall–Kier alpha value is -1.40. The average molecular weight is 372 g/mol. The number of nitriles is 1. The highest BCUT2D eigenvalue weighted by Crippen LogP contribution is 2.24.